The van der Waals surface area contributed by atoms with Crippen LogP contribution in [0.5, 0.6) is 0 Å². The zero-order valence-corrected chi connectivity index (χ0v) is 24.8. The first-order chi connectivity index (χ1) is 18.3. The fourth-order valence-corrected chi connectivity index (χ4v) is 6.13. The fourth-order valence-electron chi connectivity index (χ4n) is 5.95. The molecule has 0 bridgehead atoms. The molecule has 3 aliphatic heterocycles. The van der Waals surface area contributed by atoms with Gasteiger partial charge in [0.2, 0.25) is 11.8 Å². The molecular weight excluding hydrogens is 518 g/mol. The molecular formula is C29H44ClN5O4. The van der Waals surface area contributed by atoms with Gasteiger partial charge in [-0.25, -0.2) is 4.79 Å². The van der Waals surface area contributed by atoms with Gasteiger partial charge in [-0.2, -0.15) is 0 Å². The van der Waals surface area contributed by atoms with E-state index in [2.05, 4.69) is 26.5 Å². The lowest BCUT2D eigenvalue weighted by atomic mass is 9.75. The van der Waals surface area contributed by atoms with Crippen LogP contribution >= 0.6 is 11.6 Å². The zero-order valence-electron chi connectivity index (χ0n) is 24.0. The number of amides is 3. The molecule has 1 aromatic carbocycles. The maximum Gasteiger partial charge on any atom is 0.408 e. The number of nitrogens with one attached hydrogen (secondary N) is 2. The number of rotatable bonds is 6. The molecule has 3 saturated heterocycles. The number of benzene rings is 1. The van der Waals surface area contributed by atoms with Gasteiger partial charge in [0.1, 0.15) is 11.1 Å². The van der Waals surface area contributed by atoms with E-state index in [1.165, 1.54) is 5.69 Å². The van der Waals surface area contributed by atoms with Gasteiger partial charge < -0.3 is 25.2 Å². The van der Waals surface area contributed by atoms with Crippen LogP contribution in [0.15, 0.2) is 24.3 Å². The Bertz CT molecular complexity index is 1060. The summed E-state index contributed by atoms with van der Waals surface area (Å²) in [5.74, 6) is -0.0356. The fraction of sp³-hybridized carbons (Fsp3) is 0.690. The molecule has 1 atom stereocenters. The quantitative estimate of drug-likeness (QED) is 0.550. The molecule has 3 heterocycles. The molecule has 0 aromatic heterocycles. The van der Waals surface area contributed by atoms with Gasteiger partial charge in [-0.1, -0.05) is 17.7 Å². The molecule has 0 saturated carbocycles. The number of piperazine rings is 1. The molecule has 3 aliphatic rings. The Morgan fingerprint density at radius 3 is 2.36 bits per heavy atom. The van der Waals surface area contributed by atoms with Crippen molar-refractivity contribution in [2.24, 2.45) is 5.41 Å². The summed E-state index contributed by atoms with van der Waals surface area (Å²) in [5, 5.41) is 6.71. The molecule has 216 valence electrons. The Morgan fingerprint density at radius 2 is 1.74 bits per heavy atom. The smallest absolute Gasteiger partial charge is 0.408 e. The highest BCUT2D eigenvalue weighted by atomic mass is 35.5. The lowest BCUT2D eigenvalue weighted by Crippen LogP contribution is -2.58. The second kappa shape index (κ2) is 11.5. The van der Waals surface area contributed by atoms with Crippen molar-refractivity contribution in [2.75, 3.05) is 50.7 Å². The van der Waals surface area contributed by atoms with Crippen LogP contribution in [0.1, 0.15) is 60.3 Å². The molecule has 4 rings (SSSR count). The van der Waals surface area contributed by atoms with E-state index in [0.29, 0.717) is 25.9 Å². The van der Waals surface area contributed by atoms with Gasteiger partial charge in [0.25, 0.3) is 0 Å². The SMILES string of the molecule is CC(C)(C)OC(=O)NC(C)(C)C(=O)N1CCC2(CC1)C[C@H](CCN1CCN(c3cccc(Cl)c3)CC1)NC2=O. The van der Waals surface area contributed by atoms with Crippen LogP contribution < -0.4 is 15.5 Å². The summed E-state index contributed by atoms with van der Waals surface area (Å²) in [7, 11) is 0. The number of hydrogen-bond donors (Lipinski definition) is 2. The normalized spacial score (nSPS) is 22.1. The number of carbonyl (C=O) groups excluding carboxylic acids is 3. The van der Waals surface area contributed by atoms with E-state index in [1.807, 2.05) is 18.2 Å². The number of hydrogen-bond acceptors (Lipinski definition) is 6. The highest BCUT2D eigenvalue weighted by Crippen LogP contribution is 2.41. The van der Waals surface area contributed by atoms with Crippen molar-refractivity contribution in [3.05, 3.63) is 29.3 Å². The summed E-state index contributed by atoms with van der Waals surface area (Å²) in [6.45, 7) is 14.6. The molecule has 3 fully saturated rings. The van der Waals surface area contributed by atoms with Crippen molar-refractivity contribution in [3.8, 4) is 0 Å². The highest BCUT2D eigenvalue weighted by molar-refractivity contribution is 6.30. The van der Waals surface area contributed by atoms with Crippen LogP contribution in [0.3, 0.4) is 0 Å². The van der Waals surface area contributed by atoms with Gasteiger partial charge >= 0.3 is 6.09 Å². The first-order valence-electron chi connectivity index (χ1n) is 14.1. The summed E-state index contributed by atoms with van der Waals surface area (Å²) in [5.41, 5.74) is -0.973. The first-order valence-corrected chi connectivity index (χ1v) is 14.5. The second-order valence-corrected chi connectivity index (χ2v) is 13.2. The number of ether oxygens (including phenoxy) is 1. The number of likely N-dealkylation sites (tertiary alicyclic amines) is 1. The van der Waals surface area contributed by atoms with E-state index in [1.54, 1.807) is 39.5 Å². The molecule has 0 radical (unpaired) electrons. The summed E-state index contributed by atoms with van der Waals surface area (Å²) >= 11 is 6.16. The summed E-state index contributed by atoms with van der Waals surface area (Å²) < 4.78 is 5.33. The second-order valence-electron chi connectivity index (χ2n) is 12.8. The molecule has 2 N–H and O–H groups in total. The average Bonchev–Trinajstić information content (AvgIpc) is 3.16. The van der Waals surface area contributed by atoms with E-state index >= 15 is 0 Å². The van der Waals surface area contributed by atoms with Crippen LogP contribution in [0.2, 0.25) is 5.02 Å². The first kappa shape index (κ1) is 29.5. The Hall–Kier alpha value is -2.52. The number of nitrogens with zero attached hydrogens (tertiary/aromatic N) is 3. The predicted molar refractivity (Wildman–Crippen MR) is 153 cm³/mol. The topological polar surface area (TPSA) is 94.2 Å². The minimum atomic E-state index is -1.09. The number of anilines is 1. The Kier molecular flexibility index (Phi) is 8.71. The number of halogens is 1. The minimum Gasteiger partial charge on any atom is -0.444 e. The van der Waals surface area contributed by atoms with Gasteiger partial charge in [0, 0.05) is 62.6 Å². The van der Waals surface area contributed by atoms with Crippen molar-refractivity contribution in [3.63, 3.8) is 0 Å². The highest BCUT2D eigenvalue weighted by Gasteiger charge is 2.49. The molecule has 0 aliphatic carbocycles. The maximum atomic E-state index is 13.2. The van der Waals surface area contributed by atoms with Crippen molar-refractivity contribution in [2.45, 2.75) is 77.5 Å². The lowest BCUT2D eigenvalue weighted by molar-refractivity contribution is -0.142. The Morgan fingerprint density at radius 1 is 1.08 bits per heavy atom. The van der Waals surface area contributed by atoms with Gasteiger partial charge in [0.05, 0.1) is 5.41 Å². The van der Waals surface area contributed by atoms with Gasteiger partial charge in [-0.3, -0.25) is 14.5 Å². The van der Waals surface area contributed by atoms with E-state index in [-0.39, 0.29) is 17.9 Å². The van der Waals surface area contributed by atoms with Crippen molar-refractivity contribution < 1.29 is 19.1 Å². The van der Waals surface area contributed by atoms with Crippen LogP contribution in [-0.2, 0) is 14.3 Å². The van der Waals surface area contributed by atoms with Crippen molar-refractivity contribution in [1.29, 1.82) is 0 Å². The average molecular weight is 562 g/mol. The standard InChI is InChI=1S/C29H44ClN5O4/c1-27(2,3)39-26(38)32-28(4,5)25(37)35-13-10-29(11-14-35)20-22(31-24(29)36)9-12-33-15-17-34(18-16-33)23-8-6-7-21(30)19-23/h6-8,19,22H,9-18,20H2,1-5H3,(H,31,36)(H,32,38)/t22-/m0/s1. The van der Waals surface area contributed by atoms with Crippen LogP contribution in [0, 0.1) is 5.41 Å². The van der Waals surface area contributed by atoms with E-state index < -0.39 is 22.6 Å². The van der Waals surface area contributed by atoms with Gasteiger partial charge in [-0.15, -0.1) is 0 Å². The number of carbonyl (C=O) groups is 3. The molecule has 10 heteroatoms. The number of piperidine rings is 1. The third kappa shape index (κ3) is 7.37. The van der Waals surface area contributed by atoms with Crippen molar-refractivity contribution in [1.82, 2.24) is 20.4 Å². The van der Waals surface area contributed by atoms with E-state index in [4.69, 9.17) is 16.3 Å². The Labute approximate surface area is 237 Å². The Balaban J connectivity index is 1.22. The predicted octanol–water partition coefficient (Wildman–Crippen LogP) is 3.65. The number of alkyl carbamates (subject to hydrolysis) is 1. The van der Waals surface area contributed by atoms with Crippen LogP contribution in [0.4, 0.5) is 10.5 Å². The largest absolute Gasteiger partial charge is 0.444 e. The lowest BCUT2D eigenvalue weighted by Gasteiger charge is -2.40. The van der Waals surface area contributed by atoms with Crippen molar-refractivity contribution >= 4 is 35.2 Å². The van der Waals surface area contributed by atoms with E-state index in [9.17, 15) is 14.4 Å². The monoisotopic (exact) mass is 561 g/mol. The third-order valence-electron chi connectivity index (χ3n) is 8.15. The molecule has 1 spiro atoms. The van der Waals surface area contributed by atoms with Crippen LogP contribution in [-0.4, -0.2) is 90.7 Å². The third-order valence-corrected chi connectivity index (χ3v) is 8.38. The zero-order chi connectivity index (χ0) is 28.4. The summed E-state index contributed by atoms with van der Waals surface area (Å²) in [6.07, 6.45) is 2.41. The van der Waals surface area contributed by atoms with E-state index in [0.717, 1.165) is 50.6 Å². The molecule has 39 heavy (non-hydrogen) atoms. The maximum absolute atomic E-state index is 13.2. The summed E-state index contributed by atoms with van der Waals surface area (Å²) in [4.78, 5) is 45.1. The van der Waals surface area contributed by atoms with Crippen LogP contribution in [0.25, 0.3) is 0 Å². The van der Waals surface area contributed by atoms with Gasteiger partial charge in [0.15, 0.2) is 0 Å². The molecule has 1 aromatic rings. The molecule has 9 nitrogen and oxygen atoms in total. The molecule has 3 amide bonds. The molecule has 0 unspecified atom stereocenters. The van der Waals surface area contributed by atoms with Gasteiger partial charge in [-0.05, 0) is 78.5 Å². The minimum absolute atomic E-state index is 0.122. The summed E-state index contributed by atoms with van der Waals surface area (Å²) in [6, 6.07) is 8.17.